The molecule has 0 amide bonds. The van der Waals surface area contributed by atoms with Gasteiger partial charge in [-0.05, 0) is 24.1 Å². The minimum absolute atomic E-state index is 0.118. The van der Waals surface area contributed by atoms with Crippen molar-refractivity contribution in [3.05, 3.63) is 23.8 Å². The van der Waals surface area contributed by atoms with Gasteiger partial charge in [-0.1, -0.05) is 13.0 Å². The molecule has 0 fully saturated rings. The van der Waals surface area contributed by atoms with E-state index in [0.29, 0.717) is 19.5 Å². The second-order valence-corrected chi connectivity index (χ2v) is 3.52. The van der Waals surface area contributed by atoms with Crippen molar-refractivity contribution in [1.29, 1.82) is 0 Å². The quantitative estimate of drug-likeness (QED) is 0.547. The molecular formula is C11H17NO3. The average Bonchev–Trinajstić information content (AvgIpc) is 2.23. The summed E-state index contributed by atoms with van der Waals surface area (Å²) in [4.78, 5) is 0. The van der Waals surface area contributed by atoms with Crippen molar-refractivity contribution < 1.29 is 15.3 Å². The Morgan fingerprint density at radius 2 is 2.00 bits per heavy atom. The van der Waals surface area contributed by atoms with E-state index in [2.05, 4.69) is 5.32 Å². The van der Waals surface area contributed by atoms with Crippen LogP contribution in [0, 0.1) is 0 Å². The van der Waals surface area contributed by atoms with Crippen LogP contribution in [0.3, 0.4) is 0 Å². The summed E-state index contributed by atoms with van der Waals surface area (Å²) in [5.74, 6) is -0.238. The topological polar surface area (TPSA) is 72.7 Å². The van der Waals surface area contributed by atoms with Gasteiger partial charge in [0, 0.05) is 13.1 Å². The molecular weight excluding hydrogens is 194 g/mol. The van der Waals surface area contributed by atoms with Gasteiger partial charge >= 0.3 is 0 Å². The summed E-state index contributed by atoms with van der Waals surface area (Å²) < 4.78 is 0. The molecule has 0 aliphatic rings. The first kappa shape index (κ1) is 11.8. The molecule has 1 atom stereocenters. The first-order valence-corrected chi connectivity index (χ1v) is 5.03. The van der Waals surface area contributed by atoms with Gasteiger partial charge in [0.2, 0.25) is 0 Å². The second kappa shape index (κ2) is 5.58. The van der Waals surface area contributed by atoms with Crippen molar-refractivity contribution in [2.75, 3.05) is 6.54 Å². The van der Waals surface area contributed by atoms with Crippen LogP contribution in [0.4, 0.5) is 0 Å². The number of nitrogens with one attached hydrogen (secondary N) is 1. The van der Waals surface area contributed by atoms with Gasteiger partial charge in [-0.25, -0.2) is 0 Å². The Bertz CT molecular complexity index is 315. The van der Waals surface area contributed by atoms with E-state index in [1.165, 1.54) is 12.1 Å². The van der Waals surface area contributed by atoms with Gasteiger partial charge in [0.15, 0.2) is 11.5 Å². The van der Waals surface area contributed by atoms with Crippen molar-refractivity contribution in [2.24, 2.45) is 0 Å². The smallest absolute Gasteiger partial charge is 0.157 e. The van der Waals surface area contributed by atoms with Gasteiger partial charge in [0.05, 0.1) is 6.10 Å². The molecule has 1 rings (SSSR count). The molecule has 0 aromatic heterocycles. The highest BCUT2D eigenvalue weighted by Crippen LogP contribution is 2.24. The Kier molecular flexibility index (Phi) is 4.39. The van der Waals surface area contributed by atoms with Gasteiger partial charge < -0.3 is 20.6 Å². The molecule has 1 unspecified atom stereocenters. The van der Waals surface area contributed by atoms with E-state index < -0.39 is 0 Å². The van der Waals surface area contributed by atoms with Crippen molar-refractivity contribution in [1.82, 2.24) is 5.32 Å². The van der Waals surface area contributed by atoms with Crippen LogP contribution in [0.25, 0.3) is 0 Å². The van der Waals surface area contributed by atoms with Crippen molar-refractivity contribution in [3.63, 3.8) is 0 Å². The van der Waals surface area contributed by atoms with E-state index in [0.717, 1.165) is 5.56 Å². The van der Waals surface area contributed by atoms with Crippen LogP contribution in [-0.4, -0.2) is 28.0 Å². The van der Waals surface area contributed by atoms with Gasteiger partial charge in [0.1, 0.15) is 0 Å². The van der Waals surface area contributed by atoms with Crippen LogP contribution in [0.5, 0.6) is 11.5 Å². The molecule has 1 aromatic rings. The van der Waals surface area contributed by atoms with E-state index in [-0.39, 0.29) is 17.6 Å². The maximum absolute atomic E-state index is 9.28. The number of hydrogen-bond donors (Lipinski definition) is 4. The molecule has 0 saturated carbocycles. The van der Waals surface area contributed by atoms with E-state index >= 15 is 0 Å². The highest BCUT2D eigenvalue weighted by atomic mass is 16.3. The summed E-state index contributed by atoms with van der Waals surface area (Å²) in [5, 5.41) is 30.7. The molecule has 1 aromatic carbocycles. The summed E-state index contributed by atoms with van der Waals surface area (Å²) >= 11 is 0. The van der Waals surface area contributed by atoms with E-state index in [9.17, 15) is 10.2 Å². The van der Waals surface area contributed by atoms with Crippen molar-refractivity contribution in [2.45, 2.75) is 26.0 Å². The van der Waals surface area contributed by atoms with Gasteiger partial charge in [-0.2, -0.15) is 0 Å². The maximum Gasteiger partial charge on any atom is 0.157 e. The SMILES string of the molecule is CCC(O)CNCc1ccc(O)c(O)c1. The highest BCUT2D eigenvalue weighted by molar-refractivity contribution is 5.40. The lowest BCUT2D eigenvalue weighted by molar-refractivity contribution is 0.167. The third-order valence-corrected chi connectivity index (χ3v) is 2.22. The van der Waals surface area contributed by atoms with E-state index in [1.807, 2.05) is 6.92 Å². The van der Waals surface area contributed by atoms with Crippen LogP contribution in [0.15, 0.2) is 18.2 Å². The lowest BCUT2D eigenvalue weighted by Gasteiger charge is -2.09. The molecule has 0 spiro atoms. The Balaban J connectivity index is 2.41. The van der Waals surface area contributed by atoms with E-state index in [4.69, 9.17) is 5.11 Å². The Morgan fingerprint density at radius 3 is 2.60 bits per heavy atom. The van der Waals surface area contributed by atoms with Crippen LogP contribution < -0.4 is 5.32 Å². The predicted octanol–water partition coefficient (Wildman–Crippen LogP) is 0.958. The molecule has 0 bridgehead atoms. The minimum atomic E-state index is -0.337. The number of aliphatic hydroxyl groups is 1. The number of aromatic hydroxyl groups is 2. The zero-order chi connectivity index (χ0) is 11.3. The summed E-state index contributed by atoms with van der Waals surface area (Å²) in [7, 11) is 0. The van der Waals surface area contributed by atoms with Crippen LogP contribution >= 0.6 is 0 Å². The van der Waals surface area contributed by atoms with E-state index in [1.54, 1.807) is 6.07 Å². The maximum atomic E-state index is 9.28. The molecule has 4 nitrogen and oxygen atoms in total. The van der Waals surface area contributed by atoms with Crippen molar-refractivity contribution >= 4 is 0 Å². The summed E-state index contributed by atoms with van der Waals surface area (Å²) in [6.45, 7) is 3.00. The second-order valence-electron chi connectivity index (χ2n) is 3.52. The number of aliphatic hydroxyl groups excluding tert-OH is 1. The van der Waals surface area contributed by atoms with Crippen LogP contribution in [0.2, 0.25) is 0 Å². The zero-order valence-corrected chi connectivity index (χ0v) is 8.77. The average molecular weight is 211 g/mol. The number of phenolic OH excluding ortho intramolecular Hbond substituents is 2. The molecule has 15 heavy (non-hydrogen) atoms. The fraction of sp³-hybridized carbons (Fsp3) is 0.455. The van der Waals surface area contributed by atoms with Gasteiger partial charge in [0.25, 0.3) is 0 Å². The van der Waals surface area contributed by atoms with Crippen molar-refractivity contribution in [3.8, 4) is 11.5 Å². The molecule has 0 aliphatic carbocycles. The van der Waals surface area contributed by atoms with Crippen LogP contribution in [-0.2, 0) is 6.54 Å². The largest absolute Gasteiger partial charge is 0.504 e. The first-order chi connectivity index (χ1) is 7.13. The zero-order valence-electron chi connectivity index (χ0n) is 8.77. The fourth-order valence-corrected chi connectivity index (χ4v) is 1.21. The fourth-order valence-electron chi connectivity index (χ4n) is 1.21. The molecule has 84 valence electrons. The number of phenols is 2. The Labute approximate surface area is 89.2 Å². The Hall–Kier alpha value is -1.26. The molecule has 4 heteroatoms. The lowest BCUT2D eigenvalue weighted by Crippen LogP contribution is -2.25. The number of rotatable bonds is 5. The number of benzene rings is 1. The molecule has 4 N–H and O–H groups in total. The standard InChI is InChI=1S/C11H17NO3/c1-2-9(13)7-12-6-8-3-4-10(14)11(15)5-8/h3-5,9,12-15H,2,6-7H2,1H3. The van der Waals surface area contributed by atoms with Crippen LogP contribution in [0.1, 0.15) is 18.9 Å². The first-order valence-electron chi connectivity index (χ1n) is 5.03. The normalized spacial score (nSPS) is 12.7. The monoisotopic (exact) mass is 211 g/mol. The molecule has 0 aliphatic heterocycles. The van der Waals surface area contributed by atoms with Gasteiger partial charge in [-0.3, -0.25) is 0 Å². The third-order valence-electron chi connectivity index (χ3n) is 2.22. The van der Waals surface area contributed by atoms with Gasteiger partial charge in [-0.15, -0.1) is 0 Å². The Morgan fingerprint density at radius 1 is 1.27 bits per heavy atom. The predicted molar refractivity (Wildman–Crippen MR) is 57.8 cm³/mol. The third kappa shape index (κ3) is 3.77. The highest BCUT2D eigenvalue weighted by Gasteiger charge is 2.02. The molecule has 0 heterocycles. The molecule has 0 radical (unpaired) electrons. The minimum Gasteiger partial charge on any atom is -0.504 e. The number of hydrogen-bond acceptors (Lipinski definition) is 4. The summed E-state index contributed by atoms with van der Waals surface area (Å²) in [5.41, 5.74) is 0.869. The summed E-state index contributed by atoms with van der Waals surface area (Å²) in [6, 6.07) is 4.67. The molecule has 0 saturated heterocycles. The lowest BCUT2D eigenvalue weighted by atomic mass is 10.2. The summed E-state index contributed by atoms with van der Waals surface area (Å²) in [6.07, 6.45) is 0.379.